The molecule has 6 nitrogen and oxygen atoms in total. The van der Waals surface area contributed by atoms with Crippen LogP contribution in [0.25, 0.3) is 26.5 Å². The first-order valence-corrected chi connectivity index (χ1v) is 12.5. The summed E-state index contributed by atoms with van der Waals surface area (Å²) in [5, 5.41) is 1.58. The van der Waals surface area contributed by atoms with Crippen LogP contribution < -0.4 is 15.0 Å². The molecule has 34 heavy (non-hydrogen) atoms. The summed E-state index contributed by atoms with van der Waals surface area (Å²) in [6.45, 7) is 4.41. The van der Waals surface area contributed by atoms with Crippen LogP contribution in [0.2, 0.25) is 0 Å². The van der Waals surface area contributed by atoms with Gasteiger partial charge in [0.15, 0.2) is 16.7 Å². The molecule has 0 amide bonds. The van der Waals surface area contributed by atoms with Gasteiger partial charge in [-0.2, -0.15) is 0 Å². The van der Waals surface area contributed by atoms with E-state index in [1.165, 1.54) is 11.3 Å². The Hall–Kier alpha value is -3.62. The number of hydrogen-bond acceptors (Lipinski definition) is 7. The van der Waals surface area contributed by atoms with Crippen LogP contribution in [0.5, 0.6) is 11.5 Å². The molecule has 0 fully saturated rings. The molecule has 0 aliphatic carbocycles. The van der Waals surface area contributed by atoms with Crippen molar-refractivity contribution in [3.05, 3.63) is 94.4 Å². The van der Waals surface area contributed by atoms with Crippen LogP contribution >= 0.6 is 23.1 Å². The maximum Gasteiger partial charge on any atom is 0.272 e. The van der Waals surface area contributed by atoms with Crippen molar-refractivity contribution in [2.24, 2.45) is 0 Å². The maximum atomic E-state index is 13.7. The largest absolute Gasteiger partial charge is 0.454 e. The number of pyridine rings is 1. The lowest BCUT2D eigenvalue weighted by Crippen LogP contribution is -2.23. The predicted octanol–water partition coefficient (Wildman–Crippen LogP) is 5.72. The molecule has 0 spiro atoms. The standard InChI is InChI=1S/C26H19N3O3S2/c1-2-16-5-7-17(8-6-16)14-33-26-28-22-19-4-3-11-27-24(19)34-23(22)25(30)29(26)13-18-9-10-20-21(12-18)32-15-31-20/h2-12H,1,13-15H2. The Morgan fingerprint density at radius 1 is 1.09 bits per heavy atom. The highest BCUT2D eigenvalue weighted by atomic mass is 32.2. The smallest absolute Gasteiger partial charge is 0.272 e. The molecule has 0 radical (unpaired) electrons. The van der Waals surface area contributed by atoms with Gasteiger partial charge >= 0.3 is 0 Å². The lowest BCUT2D eigenvalue weighted by Gasteiger charge is -2.13. The molecule has 0 saturated carbocycles. The van der Waals surface area contributed by atoms with E-state index in [4.69, 9.17) is 14.5 Å². The third-order valence-corrected chi connectivity index (χ3v) is 7.82. The minimum atomic E-state index is -0.0600. The van der Waals surface area contributed by atoms with E-state index >= 15 is 0 Å². The summed E-state index contributed by atoms with van der Waals surface area (Å²) >= 11 is 2.94. The molecule has 0 bridgehead atoms. The molecule has 0 saturated heterocycles. The number of thiophene rings is 1. The highest BCUT2D eigenvalue weighted by molar-refractivity contribution is 7.98. The third-order valence-electron chi connectivity index (χ3n) is 5.68. The number of rotatable bonds is 6. The Balaban J connectivity index is 1.43. The number of thioether (sulfide) groups is 1. The van der Waals surface area contributed by atoms with E-state index < -0.39 is 0 Å². The first-order chi connectivity index (χ1) is 16.7. The average Bonchev–Trinajstić information content (AvgIpc) is 3.49. The van der Waals surface area contributed by atoms with E-state index in [9.17, 15) is 4.79 Å². The van der Waals surface area contributed by atoms with Gasteiger partial charge in [-0.05, 0) is 41.0 Å². The second-order valence-corrected chi connectivity index (χ2v) is 9.79. The summed E-state index contributed by atoms with van der Waals surface area (Å²) in [6, 6.07) is 17.8. The topological polar surface area (TPSA) is 66.2 Å². The fraction of sp³-hybridized carbons (Fsp3) is 0.115. The highest BCUT2D eigenvalue weighted by Crippen LogP contribution is 2.34. The molecule has 0 atom stereocenters. The quantitative estimate of drug-likeness (QED) is 0.226. The number of hydrogen-bond donors (Lipinski definition) is 0. The SMILES string of the molecule is C=Cc1ccc(CSc2nc3c(sc4ncccc43)c(=O)n2Cc2ccc3c(c2)OCO3)cc1. The maximum absolute atomic E-state index is 13.7. The van der Waals surface area contributed by atoms with E-state index in [1.807, 2.05) is 48.5 Å². The van der Waals surface area contributed by atoms with Crippen molar-refractivity contribution < 1.29 is 9.47 Å². The van der Waals surface area contributed by atoms with E-state index in [-0.39, 0.29) is 12.4 Å². The third kappa shape index (κ3) is 3.74. The minimum absolute atomic E-state index is 0.0600. The van der Waals surface area contributed by atoms with Gasteiger partial charge in [0.25, 0.3) is 5.56 Å². The van der Waals surface area contributed by atoms with Crippen molar-refractivity contribution >= 4 is 49.6 Å². The first kappa shape index (κ1) is 20.9. The Bertz CT molecular complexity index is 1610. The lowest BCUT2D eigenvalue weighted by atomic mass is 10.1. The molecule has 5 aromatic rings. The van der Waals surface area contributed by atoms with Gasteiger partial charge < -0.3 is 9.47 Å². The van der Waals surface area contributed by atoms with Crippen LogP contribution in [0, 0.1) is 0 Å². The average molecular weight is 486 g/mol. The van der Waals surface area contributed by atoms with E-state index in [2.05, 4.69) is 23.7 Å². The molecule has 1 aliphatic rings. The first-order valence-electron chi connectivity index (χ1n) is 10.7. The second kappa shape index (κ2) is 8.62. The summed E-state index contributed by atoms with van der Waals surface area (Å²) in [6.07, 6.45) is 3.57. The van der Waals surface area contributed by atoms with Gasteiger partial charge in [0.05, 0.1) is 12.1 Å². The van der Waals surface area contributed by atoms with Crippen molar-refractivity contribution in [3.8, 4) is 11.5 Å². The Kier molecular flexibility index (Phi) is 5.31. The van der Waals surface area contributed by atoms with Crippen molar-refractivity contribution in [3.63, 3.8) is 0 Å². The van der Waals surface area contributed by atoms with Crippen LogP contribution in [-0.2, 0) is 12.3 Å². The number of ether oxygens (including phenoxy) is 2. The van der Waals surface area contributed by atoms with E-state index in [1.54, 1.807) is 22.5 Å². The molecular formula is C26H19N3O3S2. The van der Waals surface area contributed by atoms with Gasteiger partial charge in [-0.15, -0.1) is 11.3 Å². The van der Waals surface area contributed by atoms with Gasteiger partial charge in [-0.3, -0.25) is 9.36 Å². The minimum Gasteiger partial charge on any atom is -0.454 e. The van der Waals surface area contributed by atoms with Gasteiger partial charge in [0.1, 0.15) is 9.53 Å². The monoisotopic (exact) mass is 485 g/mol. The van der Waals surface area contributed by atoms with Gasteiger partial charge in [-0.25, -0.2) is 9.97 Å². The van der Waals surface area contributed by atoms with E-state index in [0.717, 1.165) is 32.7 Å². The summed E-state index contributed by atoms with van der Waals surface area (Å²) < 4.78 is 13.3. The van der Waals surface area contributed by atoms with Gasteiger partial charge in [0.2, 0.25) is 6.79 Å². The fourth-order valence-corrected chi connectivity index (χ4v) is 5.89. The van der Waals surface area contributed by atoms with Crippen LogP contribution in [0.1, 0.15) is 16.7 Å². The summed E-state index contributed by atoms with van der Waals surface area (Å²) in [5.74, 6) is 2.11. The molecule has 0 unspecified atom stereocenters. The highest BCUT2D eigenvalue weighted by Gasteiger charge is 2.19. The van der Waals surface area contributed by atoms with Gasteiger partial charge in [-0.1, -0.05) is 54.7 Å². The van der Waals surface area contributed by atoms with Gasteiger partial charge in [0, 0.05) is 17.3 Å². The van der Waals surface area contributed by atoms with Crippen molar-refractivity contribution in [1.29, 1.82) is 0 Å². The van der Waals surface area contributed by atoms with E-state index in [0.29, 0.717) is 33.4 Å². The number of nitrogens with zero attached hydrogens (tertiary/aromatic N) is 3. The summed E-state index contributed by atoms with van der Waals surface area (Å²) in [4.78, 5) is 23.9. The molecule has 4 heterocycles. The Labute approximate surface area is 203 Å². The number of benzene rings is 2. The second-order valence-electron chi connectivity index (χ2n) is 7.84. The molecule has 0 N–H and O–H groups in total. The van der Waals surface area contributed by atoms with Crippen LogP contribution in [0.15, 0.2) is 77.3 Å². The van der Waals surface area contributed by atoms with Crippen LogP contribution in [0.3, 0.4) is 0 Å². The molecule has 1 aliphatic heterocycles. The van der Waals surface area contributed by atoms with Crippen molar-refractivity contribution in [2.75, 3.05) is 6.79 Å². The van der Waals surface area contributed by atoms with Crippen molar-refractivity contribution in [2.45, 2.75) is 17.5 Å². The normalized spacial score (nSPS) is 12.5. The molecule has 6 rings (SSSR count). The fourth-order valence-electron chi connectivity index (χ4n) is 3.91. The molecule has 168 valence electrons. The Morgan fingerprint density at radius 3 is 2.76 bits per heavy atom. The zero-order valence-electron chi connectivity index (χ0n) is 18.1. The molecule has 2 aromatic carbocycles. The molecule has 3 aromatic heterocycles. The molecular weight excluding hydrogens is 466 g/mol. The summed E-state index contributed by atoms with van der Waals surface area (Å²) in [5.41, 5.74) is 3.82. The number of aromatic nitrogens is 3. The predicted molar refractivity (Wildman–Crippen MR) is 137 cm³/mol. The lowest BCUT2D eigenvalue weighted by molar-refractivity contribution is 0.174. The van der Waals surface area contributed by atoms with Crippen LogP contribution in [-0.4, -0.2) is 21.3 Å². The Morgan fingerprint density at radius 2 is 1.91 bits per heavy atom. The van der Waals surface area contributed by atoms with Crippen LogP contribution in [0.4, 0.5) is 0 Å². The summed E-state index contributed by atoms with van der Waals surface area (Å²) in [7, 11) is 0. The zero-order valence-corrected chi connectivity index (χ0v) is 19.7. The number of fused-ring (bicyclic) bond motifs is 4. The molecule has 8 heteroatoms. The zero-order chi connectivity index (χ0) is 23.1. The van der Waals surface area contributed by atoms with Crippen molar-refractivity contribution in [1.82, 2.24) is 14.5 Å².